The second kappa shape index (κ2) is 9.21. The lowest BCUT2D eigenvalue weighted by Gasteiger charge is -2.16. The van der Waals surface area contributed by atoms with Crippen molar-refractivity contribution in [2.45, 2.75) is 46.3 Å². The maximum Gasteiger partial charge on any atom is 0.191 e. The molecular weight excluding hydrogens is 334 g/mol. The molecule has 0 fully saturated rings. The van der Waals surface area contributed by atoms with Crippen LogP contribution in [0, 0.1) is 0 Å². The fourth-order valence-electron chi connectivity index (χ4n) is 2.91. The summed E-state index contributed by atoms with van der Waals surface area (Å²) in [7, 11) is 0. The van der Waals surface area contributed by atoms with Gasteiger partial charge in [0.1, 0.15) is 0 Å². The Balaban J connectivity index is 1.65. The van der Waals surface area contributed by atoms with Gasteiger partial charge in [-0.2, -0.15) is 0 Å². The van der Waals surface area contributed by atoms with E-state index in [2.05, 4.69) is 77.4 Å². The molecule has 27 heavy (non-hydrogen) atoms. The molecule has 1 aromatic heterocycles. The molecule has 1 heterocycles. The van der Waals surface area contributed by atoms with Crippen LogP contribution in [-0.2, 0) is 13.1 Å². The largest absolute Gasteiger partial charge is 0.357 e. The number of hydrogen-bond acceptors (Lipinski definition) is 2. The van der Waals surface area contributed by atoms with Gasteiger partial charge in [-0.15, -0.1) is 0 Å². The summed E-state index contributed by atoms with van der Waals surface area (Å²) >= 11 is 0. The first-order valence-corrected chi connectivity index (χ1v) is 9.72. The number of aliphatic imine (C=N–C) groups is 1. The van der Waals surface area contributed by atoms with Crippen LogP contribution >= 0.6 is 0 Å². The summed E-state index contributed by atoms with van der Waals surface area (Å²) in [5, 5.41) is 6.73. The monoisotopic (exact) mass is 363 g/mol. The van der Waals surface area contributed by atoms with Crippen LogP contribution < -0.4 is 10.6 Å². The molecule has 5 nitrogen and oxygen atoms in total. The molecule has 3 rings (SSSR count). The van der Waals surface area contributed by atoms with Crippen molar-refractivity contribution in [2.24, 2.45) is 4.99 Å². The molecule has 5 heteroatoms. The van der Waals surface area contributed by atoms with Crippen molar-refractivity contribution in [3.05, 3.63) is 66.0 Å². The van der Waals surface area contributed by atoms with E-state index >= 15 is 0 Å². The Morgan fingerprint density at radius 1 is 1.07 bits per heavy atom. The third kappa shape index (κ3) is 5.09. The van der Waals surface area contributed by atoms with E-state index in [-0.39, 0.29) is 0 Å². The Morgan fingerprint density at radius 3 is 2.56 bits per heavy atom. The van der Waals surface area contributed by atoms with Gasteiger partial charge in [0.25, 0.3) is 0 Å². The Bertz CT molecular complexity index is 879. The molecule has 0 saturated carbocycles. The molecule has 1 atom stereocenters. The zero-order chi connectivity index (χ0) is 19.1. The number of rotatable bonds is 7. The third-order valence-electron chi connectivity index (χ3n) is 4.66. The molecule has 0 aliphatic rings. The van der Waals surface area contributed by atoms with Crippen LogP contribution in [0.4, 0.5) is 0 Å². The van der Waals surface area contributed by atoms with Crippen molar-refractivity contribution in [1.82, 2.24) is 20.2 Å². The maximum absolute atomic E-state index is 4.70. The fourth-order valence-corrected chi connectivity index (χ4v) is 2.91. The third-order valence-corrected chi connectivity index (χ3v) is 4.66. The smallest absolute Gasteiger partial charge is 0.191 e. The first-order chi connectivity index (χ1) is 13.2. The molecule has 2 N–H and O–H groups in total. The lowest BCUT2D eigenvalue weighted by Crippen LogP contribution is -2.41. The zero-order valence-electron chi connectivity index (χ0n) is 16.4. The SMILES string of the molecule is CCNC(=NCc1ccc(Cn2cnc3ccccc32)cc1)NC(C)CC. The second-order valence-electron chi connectivity index (χ2n) is 6.83. The molecular formula is C22H29N5. The topological polar surface area (TPSA) is 54.2 Å². The fraction of sp³-hybridized carbons (Fsp3) is 0.364. The molecule has 1 unspecified atom stereocenters. The standard InChI is InChI=1S/C22H29N5/c1-4-17(3)26-22(23-5-2)24-14-18-10-12-19(13-11-18)15-27-16-25-20-8-6-7-9-21(20)27/h6-13,16-17H,4-5,14-15H2,1-3H3,(H2,23,24,26). The van der Waals surface area contributed by atoms with Crippen LogP contribution in [0.3, 0.4) is 0 Å². The van der Waals surface area contributed by atoms with E-state index in [1.807, 2.05) is 18.5 Å². The average Bonchev–Trinajstić information content (AvgIpc) is 3.10. The molecule has 0 amide bonds. The Kier molecular flexibility index (Phi) is 6.47. The minimum Gasteiger partial charge on any atom is -0.357 e. The van der Waals surface area contributed by atoms with Crippen molar-refractivity contribution < 1.29 is 0 Å². The number of aromatic nitrogens is 2. The van der Waals surface area contributed by atoms with E-state index in [0.29, 0.717) is 12.6 Å². The van der Waals surface area contributed by atoms with Crippen molar-refractivity contribution in [3.63, 3.8) is 0 Å². The summed E-state index contributed by atoms with van der Waals surface area (Å²) in [5.74, 6) is 0.876. The van der Waals surface area contributed by atoms with Gasteiger partial charge in [0.2, 0.25) is 0 Å². The molecule has 0 saturated heterocycles. The summed E-state index contributed by atoms with van der Waals surface area (Å²) in [6.45, 7) is 8.77. The van der Waals surface area contributed by atoms with Crippen LogP contribution in [0.15, 0.2) is 59.9 Å². The molecule has 0 spiro atoms. The average molecular weight is 364 g/mol. The van der Waals surface area contributed by atoms with Crippen molar-refractivity contribution in [1.29, 1.82) is 0 Å². The number of fused-ring (bicyclic) bond motifs is 1. The van der Waals surface area contributed by atoms with Gasteiger partial charge in [-0.25, -0.2) is 9.98 Å². The van der Waals surface area contributed by atoms with E-state index in [1.165, 1.54) is 11.1 Å². The maximum atomic E-state index is 4.70. The molecule has 0 aliphatic carbocycles. The summed E-state index contributed by atoms with van der Waals surface area (Å²) < 4.78 is 2.18. The Hall–Kier alpha value is -2.82. The Morgan fingerprint density at radius 2 is 1.81 bits per heavy atom. The van der Waals surface area contributed by atoms with Gasteiger partial charge >= 0.3 is 0 Å². The second-order valence-corrected chi connectivity index (χ2v) is 6.83. The minimum absolute atomic E-state index is 0.412. The summed E-state index contributed by atoms with van der Waals surface area (Å²) in [6.07, 6.45) is 2.98. The van der Waals surface area contributed by atoms with Crippen LogP contribution in [0.5, 0.6) is 0 Å². The van der Waals surface area contributed by atoms with E-state index in [1.54, 1.807) is 0 Å². The number of guanidine groups is 1. The number of nitrogens with zero attached hydrogens (tertiary/aromatic N) is 3. The first kappa shape index (κ1) is 19.0. The van der Waals surface area contributed by atoms with Crippen LogP contribution in [0.2, 0.25) is 0 Å². The Labute approximate surface area is 161 Å². The zero-order valence-corrected chi connectivity index (χ0v) is 16.4. The van der Waals surface area contributed by atoms with Crippen molar-refractivity contribution in [3.8, 4) is 0 Å². The lowest BCUT2D eigenvalue weighted by molar-refractivity contribution is 0.624. The molecule has 2 aromatic carbocycles. The quantitative estimate of drug-likeness (QED) is 0.494. The lowest BCUT2D eigenvalue weighted by atomic mass is 10.1. The normalized spacial score (nSPS) is 12.9. The summed E-state index contributed by atoms with van der Waals surface area (Å²) in [6, 6.07) is 17.3. The highest BCUT2D eigenvalue weighted by Gasteiger charge is 2.04. The van der Waals surface area contributed by atoms with Gasteiger partial charge < -0.3 is 15.2 Å². The van der Waals surface area contributed by atoms with Gasteiger partial charge in [0, 0.05) is 19.1 Å². The molecule has 0 aliphatic heterocycles. The van der Waals surface area contributed by atoms with Gasteiger partial charge in [-0.1, -0.05) is 43.3 Å². The van der Waals surface area contributed by atoms with Crippen molar-refractivity contribution >= 4 is 17.0 Å². The van der Waals surface area contributed by atoms with E-state index < -0.39 is 0 Å². The van der Waals surface area contributed by atoms with Crippen molar-refractivity contribution in [2.75, 3.05) is 6.54 Å². The predicted octanol–water partition coefficient (Wildman–Crippen LogP) is 3.94. The van der Waals surface area contributed by atoms with Crippen LogP contribution in [0.25, 0.3) is 11.0 Å². The number of hydrogen-bond donors (Lipinski definition) is 2. The van der Waals surface area contributed by atoms with Gasteiger partial charge in [-0.05, 0) is 43.5 Å². The highest BCUT2D eigenvalue weighted by Crippen LogP contribution is 2.14. The van der Waals surface area contributed by atoms with Crippen LogP contribution in [0.1, 0.15) is 38.3 Å². The van der Waals surface area contributed by atoms with Gasteiger partial charge in [0.15, 0.2) is 5.96 Å². The van der Waals surface area contributed by atoms with Crippen LogP contribution in [-0.4, -0.2) is 28.1 Å². The number of benzene rings is 2. The molecule has 142 valence electrons. The number of nitrogens with one attached hydrogen (secondary N) is 2. The van der Waals surface area contributed by atoms with E-state index in [4.69, 9.17) is 4.99 Å². The van der Waals surface area contributed by atoms with Gasteiger partial charge in [-0.3, -0.25) is 0 Å². The predicted molar refractivity (Wildman–Crippen MR) is 113 cm³/mol. The van der Waals surface area contributed by atoms with E-state index in [0.717, 1.165) is 36.5 Å². The first-order valence-electron chi connectivity index (χ1n) is 9.72. The molecule has 0 radical (unpaired) electrons. The molecule has 3 aromatic rings. The summed E-state index contributed by atoms with van der Waals surface area (Å²) in [5.41, 5.74) is 4.66. The minimum atomic E-state index is 0.412. The molecule has 0 bridgehead atoms. The highest BCUT2D eigenvalue weighted by molar-refractivity contribution is 5.80. The van der Waals surface area contributed by atoms with E-state index in [9.17, 15) is 0 Å². The highest BCUT2D eigenvalue weighted by atomic mass is 15.2. The number of imidazole rings is 1. The number of para-hydroxylation sites is 2. The summed E-state index contributed by atoms with van der Waals surface area (Å²) in [4.78, 5) is 9.16. The van der Waals surface area contributed by atoms with Gasteiger partial charge in [0.05, 0.1) is 23.9 Å².